The van der Waals surface area contributed by atoms with Crippen molar-refractivity contribution in [3.8, 4) is 11.8 Å². The van der Waals surface area contributed by atoms with E-state index < -0.39 is 0 Å². The molecule has 0 N–H and O–H groups in total. The first-order valence-electron chi connectivity index (χ1n) is 8.01. The van der Waals surface area contributed by atoms with E-state index in [1.165, 1.54) is 32.6 Å². The van der Waals surface area contributed by atoms with Crippen molar-refractivity contribution in [1.29, 1.82) is 0 Å². The van der Waals surface area contributed by atoms with Crippen molar-refractivity contribution in [2.24, 2.45) is 0 Å². The standard InChI is InChI=1S/C18H30O2/c1-3-4-5-6-7-8-9-10-11-12-13-14-15-16-17-20-18(2)19/h6-7H,3-5,8-9,12-17H2,1-2H3/b7-6+. The van der Waals surface area contributed by atoms with Crippen molar-refractivity contribution in [3.63, 3.8) is 0 Å². The third-order valence-corrected chi connectivity index (χ3v) is 2.95. The molecule has 0 fully saturated rings. The zero-order chi connectivity index (χ0) is 14.9. The van der Waals surface area contributed by atoms with Gasteiger partial charge in [-0.25, -0.2) is 0 Å². The lowest BCUT2D eigenvalue weighted by atomic mass is 10.1. The summed E-state index contributed by atoms with van der Waals surface area (Å²) in [6.07, 6.45) is 15.8. The molecule has 0 aliphatic heterocycles. The molecule has 0 radical (unpaired) electrons. The first-order chi connectivity index (χ1) is 9.77. The van der Waals surface area contributed by atoms with Crippen LogP contribution >= 0.6 is 0 Å². The minimum atomic E-state index is -0.181. The summed E-state index contributed by atoms with van der Waals surface area (Å²) < 4.78 is 4.88. The van der Waals surface area contributed by atoms with E-state index in [4.69, 9.17) is 4.74 Å². The van der Waals surface area contributed by atoms with Gasteiger partial charge in [-0.1, -0.05) is 44.8 Å². The van der Waals surface area contributed by atoms with Crippen LogP contribution in [0.3, 0.4) is 0 Å². The van der Waals surface area contributed by atoms with Crippen LogP contribution in [0, 0.1) is 11.8 Å². The van der Waals surface area contributed by atoms with Crippen LogP contribution in [0.2, 0.25) is 0 Å². The average Bonchev–Trinajstić information content (AvgIpc) is 2.43. The van der Waals surface area contributed by atoms with Crippen molar-refractivity contribution in [3.05, 3.63) is 12.2 Å². The first kappa shape index (κ1) is 18.8. The smallest absolute Gasteiger partial charge is 0.302 e. The third kappa shape index (κ3) is 16.8. The molecule has 0 rings (SSSR count). The summed E-state index contributed by atoms with van der Waals surface area (Å²) in [6, 6.07) is 0. The predicted molar refractivity (Wildman–Crippen MR) is 85.4 cm³/mol. The molecule has 20 heavy (non-hydrogen) atoms. The number of unbranched alkanes of at least 4 members (excludes halogenated alkanes) is 7. The number of carbonyl (C=O) groups is 1. The quantitative estimate of drug-likeness (QED) is 0.229. The van der Waals surface area contributed by atoms with Gasteiger partial charge in [0.05, 0.1) is 6.61 Å². The Labute approximate surface area is 125 Å². The molecule has 2 nitrogen and oxygen atoms in total. The molecule has 0 aromatic rings. The second-order valence-corrected chi connectivity index (χ2v) is 5.01. The lowest BCUT2D eigenvalue weighted by molar-refractivity contribution is -0.141. The Bertz CT molecular complexity index is 307. The van der Waals surface area contributed by atoms with Crippen LogP contribution in [0.25, 0.3) is 0 Å². The Balaban J connectivity index is 3.21. The maximum atomic E-state index is 10.5. The van der Waals surface area contributed by atoms with E-state index in [9.17, 15) is 4.79 Å². The summed E-state index contributed by atoms with van der Waals surface area (Å²) in [4.78, 5) is 10.5. The van der Waals surface area contributed by atoms with Crippen LogP contribution < -0.4 is 0 Å². The van der Waals surface area contributed by atoms with Crippen LogP contribution in [0.15, 0.2) is 12.2 Å². The molecule has 0 aliphatic rings. The number of carbonyl (C=O) groups excluding carboxylic acids is 1. The van der Waals surface area contributed by atoms with Gasteiger partial charge in [-0.2, -0.15) is 0 Å². The zero-order valence-electron chi connectivity index (χ0n) is 13.2. The first-order valence-corrected chi connectivity index (χ1v) is 8.01. The Hall–Kier alpha value is -1.23. The largest absolute Gasteiger partial charge is 0.466 e. The highest BCUT2D eigenvalue weighted by Crippen LogP contribution is 2.03. The Morgan fingerprint density at radius 3 is 2.40 bits per heavy atom. The molecule has 0 aromatic carbocycles. The van der Waals surface area contributed by atoms with Crippen LogP contribution in [0.5, 0.6) is 0 Å². The van der Waals surface area contributed by atoms with Gasteiger partial charge in [0.1, 0.15) is 0 Å². The SMILES string of the molecule is CCCC/C=C/CCC#CCCCCCCOC(C)=O. The molecule has 0 saturated carbocycles. The molecule has 0 spiro atoms. The number of esters is 1. The minimum Gasteiger partial charge on any atom is -0.466 e. The fourth-order valence-corrected chi connectivity index (χ4v) is 1.77. The van der Waals surface area contributed by atoms with Crippen LogP contribution in [-0.2, 0) is 9.53 Å². The highest BCUT2D eigenvalue weighted by molar-refractivity contribution is 5.65. The average molecular weight is 278 g/mol. The zero-order valence-corrected chi connectivity index (χ0v) is 13.2. The maximum absolute atomic E-state index is 10.5. The summed E-state index contributed by atoms with van der Waals surface area (Å²) in [5, 5.41) is 0. The Kier molecular flexibility index (Phi) is 14.9. The van der Waals surface area contributed by atoms with E-state index in [-0.39, 0.29) is 5.97 Å². The van der Waals surface area contributed by atoms with E-state index >= 15 is 0 Å². The van der Waals surface area contributed by atoms with Gasteiger partial charge in [0.25, 0.3) is 0 Å². The number of ether oxygens (including phenoxy) is 1. The molecular weight excluding hydrogens is 248 g/mol. The Morgan fingerprint density at radius 1 is 0.950 bits per heavy atom. The van der Waals surface area contributed by atoms with E-state index in [1.54, 1.807) is 0 Å². The van der Waals surface area contributed by atoms with E-state index in [0.29, 0.717) is 6.61 Å². The van der Waals surface area contributed by atoms with Gasteiger partial charge in [-0.05, 0) is 25.7 Å². The van der Waals surface area contributed by atoms with Gasteiger partial charge < -0.3 is 4.74 Å². The van der Waals surface area contributed by atoms with E-state index in [0.717, 1.165) is 38.5 Å². The highest BCUT2D eigenvalue weighted by Gasteiger charge is 1.92. The second kappa shape index (κ2) is 15.8. The van der Waals surface area contributed by atoms with Gasteiger partial charge in [0, 0.05) is 19.8 Å². The van der Waals surface area contributed by atoms with Crippen molar-refractivity contribution >= 4 is 5.97 Å². The monoisotopic (exact) mass is 278 g/mol. The number of allylic oxidation sites excluding steroid dienone is 2. The van der Waals surface area contributed by atoms with E-state index in [1.807, 2.05) is 0 Å². The molecule has 0 amide bonds. The van der Waals surface area contributed by atoms with Crippen molar-refractivity contribution in [2.75, 3.05) is 6.61 Å². The fraction of sp³-hybridized carbons (Fsp3) is 0.722. The van der Waals surface area contributed by atoms with Crippen molar-refractivity contribution in [1.82, 2.24) is 0 Å². The summed E-state index contributed by atoms with van der Waals surface area (Å²) in [7, 11) is 0. The van der Waals surface area contributed by atoms with Crippen LogP contribution in [0.4, 0.5) is 0 Å². The summed E-state index contributed by atoms with van der Waals surface area (Å²) >= 11 is 0. The molecule has 0 heterocycles. The molecule has 0 aliphatic carbocycles. The number of rotatable bonds is 11. The molecule has 114 valence electrons. The molecule has 0 unspecified atom stereocenters. The summed E-state index contributed by atoms with van der Waals surface area (Å²) in [5.74, 6) is 6.27. The molecule has 2 heteroatoms. The van der Waals surface area contributed by atoms with E-state index in [2.05, 4.69) is 30.9 Å². The van der Waals surface area contributed by atoms with Crippen molar-refractivity contribution < 1.29 is 9.53 Å². The topological polar surface area (TPSA) is 26.3 Å². The Morgan fingerprint density at radius 2 is 1.65 bits per heavy atom. The van der Waals surface area contributed by atoms with Gasteiger partial charge in [0.2, 0.25) is 0 Å². The van der Waals surface area contributed by atoms with Gasteiger partial charge in [0.15, 0.2) is 0 Å². The highest BCUT2D eigenvalue weighted by atomic mass is 16.5. The fourth-order valence-electron chi connectivity index (χ4n) is 1.77. The van der Waals surface area contributed by atoms with Crippen LogP contribution in [0.1, 0.15) is 78.1 Å². The minimum absolute atomic E-state index is 0.181. The third-order valence-electron chi connectivity index (χ3n) is 2.95. The number of hydrogen-bond acceptors (Lipinski definition) is 2. The molecule has 0 saturated heterocycles. The molecule has 0 atom stereocenters. The summed E-state index contributed by atoms with van der Waals surface area (Å²) in [5.41, 5.74) is 0. The maximum Gasteiger partial charge on any atom is 0.302 e. The number of hydrogen-bond donors (Lipinski definition) is 0. The van der Waals surface area contributed by atoms with Gasteiger partial charge in [-0.3, -0.25) is 4.79 Å². The predicted octanol–water partition coefficient (Wildman–Crippen LogP) is 5.03. The molecular formula is C18H30O2. The summed E-state index contributed by atoms with van der Waals surface area (Å²) in [6.45, 7) is 4.23. The van der Waals surface area contributed by atoms with Gasteiger partial charge >= 0.3 is 5.97 Å². The lowest BCUT2D eigenvalue weighted by Crippen LogP contribution is -1.99. The lowest BCUT2D eigenvalue weighted by Gasteiger charge is -2.00. The normalized spacial score (nSPS) is 10.3. The van der Waals surface area contributed by atoms with Crippen molar-refractivity contribution in [2.45, 2.75) is 78.1 Å². The van der Waals surface area contributed by atoms with Gasteiger partial charge in [-0.15, -0.1) is 11.8 Å². The second-order valence-electron chi connectivity index (χ2n) is 5.01. The van der Waals surface area contributed by atoms with Crippen LogP contribution in [-0.4, -0.2) is 12.6 Å². The molecule has 0 aromatic heterocycles. The molecule has 0 bridgehead atoms.